The number of carbonyl (C=O) groups is 1. The Kier molecular flexibility index (Phi) is 4.05. The SMILES string of the molecule is CC1=C(C(=O)Nc2ccc3c(N)nccc3c2)[C@@H](C)N(N)C(=N)N1C. The largest absolute Gasteiger partial charge is 0.383 e. The summed E-state index contributed by atoms with van der Waals surface area (Å²) in [4.78, 5) is 18.4. The molecule has 8 nitrogen and oxygen atoms in total. The number of anilines is 2. The van der Waals surface area contributed by atoms with Crippen LogP contribution < -0.4 is 16.9 Å². The highest BCUT2D eigenvalue weighted by Gasteiger charge is 2.33. The Hall–Kier alpha value is -3.13. The number of amides is 1. The van der Waals surface area contributed by atoms with E-state index in [1.807, 2.05) is 18.2 Å². The van der Waals surface area contributed by atoms with Crippen LogP contribution in [0.25, 0.3) is 10.8 Å². The van der Waals surface area contributed by atoms with Gasteiger partial charge in [-0.25, -0.2) is 10.8 Å². The first-order valence-corrected chi connectivity index (χ1v) is 7.84. The summed E-state index contributed by atoms with van der Waals surface area (Å²) >= 11 is 0. The molecule has 3 rings (SSSR count). The molecular formula is C17H21N7O. The highest BCUT2D eigenvalue weighted by Crippen LogP contribution is 2.26. The zero-order valence-corrected chi connectivity index (χ0v) is 14.4. The number of nitrogens with one attached hydrogen (secondary N) is 2. The third-order valence-electron chi connectivity index (χ3n) is 4.59. The quantitative estimate of drug-likeness (QED) is 0.614. The van der Waals surface area contributed by atoms with E-state index in [0.717, 1.165) is 10.8 Å². The van der Waals surface area contributed by atoms with Gasteiger partial charge in [0.15, 0.2) is 0 Å². The Labute approximate surface area is 145 Å². The highest BCUT2D eigenvalue weighted by atomic mass is 16.1. The predicted molar refractivity (Wildman–Crippen MR) is 98.5 cm³/mol. The van der Waals surface area contributed by atoms with E-state index in [9.17, 15) is 4.79 Å². The van der Waals surface area contributed by atoms with Gasteiger partial charge < -0.3 is 16.0 Å². The first-order chi connectivity index (χ1) is 11.8. The van der Waals surface area contributed by atoms with E-state index in [0.29, 0.717) is 22.8 Å². The number of hydrogen-bond acceptors (Lipinski definition) is 5. The fourth-order valence-electron chi connectivity index (χ4n) is 2.97. The number of carbonyl (C=O) groups excluding carboxylic acids is 1. The van der Waals surface area contributed by atoms with E-state index < -0.39 is 6.04 Å². The second-order valence-corrected chi connectivity index (χ2v) is 6.05. The molecule has 1 aromatic heterocycles. The maximum absolute atomic E-state index is 12.8. The van der Waals surface area contributed by atoms with Gasteiger partial charge >= 0.3 is 0 Å². The molecule has 0 saturated carbocycles. The second-order valence-electron chi connectivity index (χ2n) is 6.05. The highest BCUT2D eigenvalue weighted by molar-refractivity contribution is 6.07. The molecule has 1 aromatic carbocycles. The maximum Gasteiger partial charge on any atom is 0.255 e. The van der Waals surface area contributed by atoms with Crippen LogP contribution in [0.1, 0.15) is 13.8 Å². The molecular weight excluding hydrogens is 318 g/mol. The number of nitrogens with two attached hydrogens (primary N) is 2. The van der Waals surface area contributed by atoms with Crippen molar-refractivity contribution in [3.63, 3.8) is 0 Å². The average molecular weight is 339 g/mol. The normalized spacial score (nSPS) is 18.1. The molecule has 8 heteroatoms. The third-order valence-corrected chi connectivity index (χ3v) is 4.59. The van der Waals surface area contributed by atoms with Crippen molar-refractivity contribution in [2.24, 2.45) is 5.84 Å². The minimum atomic E-state index is -0.399. The standard InChI is InChI=1S/C17H21N7O/c1-9-14(10(2)24(20)17(19)23(9)3)16(25)22-12-4-5-13-11(8-12)6-7-21-15(13)18/h4-8,10,19H,20H2,1-3H3,(H2,18,21)(H,22,25)/t10-/m1/s1. The molecule has 0 aliphatic carbocycles. The summed E-state index contributed by atoms with van der Waals surface area (Å²) in [6.07, 6.45) is 1.63. The minimum Gasteiger partial charge on any atom is -0.383 e. The van der Waals surface area contributed by atoms with Crippen molar-refractivity contribution in [1.29, 1.82) is 5.41 Å². The van der Waals surface area contributed by atoms with Crippen LogP contribution in [0.4, 0.5) is 11.5 Å². The molecule has 1 aliphatic heterocycles. The molecule has 0 fully saturated rings. The number of allylic oxidation sites excluding steroid dienone is 1. The number of hydrazine groups is 1. The molecule has 1 atom stereocenters. The first kappa shape index (κ1) is 16.7. The number of benzene rings is 1. The summed E-state index contributed by atoms with van der Waals surface area (Å²) < 4.78 is 0. The Morgan fingerprint density at radius 3 is 2.80 bits per heavy atom. The van der Waals surface area contributed by atoms with Crippen molar-refractivity contribution in [2.75, 3.05) is 18.1 Å². The van der Waals surface area contributed by atoms with Crippen LogP contribution in [0.5, 0.6) is 0 Å². The molecule has 1 aliphatic rings. The fraction of sp³-hybridized carbons (Fsp3) is 0.235. The summed E-state index contributed by atoms with van der Waals surface area (Å²) in [5.74, 6) is 6.27. The number of pyridine rings is 1. The van der Waals surface area contributed by atoms with Gasteiger partial charge in [-0.1, -0.05) is 0 Å². The van der Waals surface area contributed by atoms with Crippen molar-refractivity contribution in [3.8, 4) is 0 Å². The Balaban J connectivity index is 1.93. The van der Waals surface area contributed by atoms with Crippen LogP contribution in [0.2, 0.25) is 0 Å². The lowest BCUT2D eigenvalue weighted by atomic mass is 10.0. The molecule has 0 saturated heterocycles. The lowest BCUT2D eigenvalue weighted by Crippen LogP contribution is -2.56. The molecule has 2 heterocycles. The van der Waals surface area contributed by atoms with Crippen molar-refractivity contribution >= 4 is 34.1 Å². The average Bonchev–Trinajstić information content (AvgIpc) is 2.58. The fourth-order valence-corrected chi connectivity index (χ4v) is 2.97. The topological polar surface area (TPSA) is 124 Å². The number of nitrogen functional groups attached to an aromatic ring is 1. The molecule has 1 amide bonds. The van der Waals surface area contributed by atoms with Gasteiger partial charge in [0.25, 0.3) is 5.91 Å². The van der Waals surface area contributed by atoms with Crippen molar-refractivity contribution in [2.45, 2.75) is 19.9 Å². The molecule has 6 N–H and O–H groups in total. The van der Waals surface area contributed by atoms with Gasteiger partial charge in [-0.3, -0.25) is 15.2 Å². The van der Waals surface area contributed by atoms with E-state index in [1.165, 1.54) is 5.01 Å². The van der Waals surface area contributed by atoms with Crippen LogP contribution in [0.3, 0.4) is 0 Å². The van der Waals surface area contributed by atoms with Crippen LogP contribution in [-0.4, -0.2) is 39.8 Å². The van der Waals surface area contributed by atoms with Crippen molar-refractivity contribution in [3.05, 3.63) is 41.7 Å². The van der Waals surface area contributed by atoms with E-state index in [2.05, 4.69) is 10.3 Å². The van der Waals surface area contributed by atoms with E-state index >= 15 is 0 Å². The molecule has 0 unspecified atom stereocenters. The number of aromatic nitrogens is 1. The molecule has 25 heavy (non-hydrogen) atoms. The van der Waals surface area contributed by atoms with E-state index in [4.69, 9.17) is 17.0 Å². The van der Waals surface area contributed by atoms with Crippen LogP contribution in [-0.2, 0) is 4.79 Å². The van der Waals surface area contributed by atoms with E-state index in [1.54, 1.807) is 38.1 Å². The minimum absolute atomic E-state index is 0.148. The van der Waals surface area contributed by atoms with Gasteiger partial charge in [0, 0.05) is 30.0 Å². The number of fused-ring (bicyclic) bond motifs is 1. The summed E-state index contributed by atoms with van der Waals surface area (Å²) in [7, 11) is 1.71. The molecule has 130 valence electrons. The molecule has 0 bridgehead atoms. The van der Waals surface area contributed by atoms with Gasteiger partial charge in [-0.05, 0) is 43.5 Å². The monoisotopic (exact) mass is 339 g/mol. The number of nitrogens with zero attached hydrogens (tertiary/aromatic N) is 3. The summed E-state index contributed by atoms with van der Waals surface area (Å²) in [5.41, 5.74) is 7.73. The Bertz CT molecular complexity index is 905. The van der Waals surface area contributed by atoms with Gasteiger partial charge in [-0.15, -0.1) is 0 Å². The van der Waals surface area contributed by atoms with Crippen molar-refractivity contribution in [1.82, 2.24) is 14.9 Å². The lowest BCUT2D eigenvalue weighted by Gasteiger charge is -2.39. The second kappa shape index (κ2) is 6.06. The number of guanidine groups is 1. The summed E-state index contributed by atoms with van der Waals surface area (Å²) in [5, 5.41) is 13.9. The van der Waals surface area contributed by atoms with Crippen LogP contribution in [0.15, 0.2) is 41.7 Å². The summed E-state index contributed by atoms with van der Waals surface area (Å²) in [6, 6.07) is 6.90. The van der Waals surface area contributed by atoms with Gasteiger partial charge in [-0.2, -0.15) is 0 Å². The maximum atomic E-state index is 12.8. The van der Waals surface area contributed by atoms with E-state index in [-0.39, 0.29) is 11.9 Å². The lowest BCUT2D eigenvalue weighted by molar-refractivity contribution is -0.113. The number of hydrogen-bond donors (Lipinski definition) is 4. The summed E-state index contributed by atoms with van der Waals surface area (Å²) in [6.45, 7) is 3.60. The molecule has 0 spiro atoms. The Morgan fingerprint density at radius 2 is 2.08 bits per heavy atom. The first-order valence-electron chi connectivity index (χ1n) is 7.84. The Morgan fingerprint density at radius 1 is 1.36 bits per heavy atom. The predicted octanol–water partition coefficient (Wildman–Crippen LogP) is 1.47. The van der Waals surface area contributed by atoms with Gasteiger partial charge in [0.05, 0.1) is 11.6 Å². The van der Waals surface area contributed by atoms with Crippen LogP contribution >= 0.6 is 0 Å². The zero-order chi connectivity index (χ0) is 18.3. The van der Waals surface area contributed by atoms with Gasteiger partial charge in [0.1, 0.15) is 5.82 Å². The zero-order valence-electron chi connectivity index (χ0n) is 14.4. The van der Waals surface area contributed by atoms with Crippen molar-refractivity contribution < 1.29 is 4.79 Å². The van der Waals surface area contributed by atoms with Gasteiger partial charge in [0.2, 0.25) is 5.96 Å². The van der Waals surface area contributed by atoms with Crippen LogP contribution in [0, 0.1) is 5.41 Å². The molecule has 0 radical (unpaired) electrons. The number of rotatable bonds is 2. The smallest absolute Gasteiger partial charge is 0.255 e. The third kappa shape index (κ3) is 2.76. The molecule has 2 aromatic rings.